The van der Waals surface area contributed by atoms with Crippen LogP contribution in [-0.2, 0) is 4.74 Å². The topological polar surface area (TPSA) is 160 Å². The molecule has 1 aromatic carbocycles. The summed E-state index contributed by atoms with van der Waals surface area (Å²) in [6, 6.07) is 12.4. The molecule has 1 aliphatic carbocycles. The van der Waals surface area contributed by atoms with Gasteiger partial charge in [-0.2, -0.15) is 5.26 Å². The number of fused-ring (bicyclic) bond motifs is 2. The van der Waals surface area contributed by atoms with Gasteiger partial charge in [0.2, 0.25) is 5.79 Å². The Morgan fingerprint density at radius 2 is 1.97 bits per heavy atom. The number of Topliss-reactive ketones (excluding diaryl/α,β-unsaturated/α-hetero) is 1. The van der Waals surface area contributed by atoms with Crippen LogP contribution in [0.3, 0.4) is 0 Å². The number of hydrogen-bond donors (Lipinski definition) is 2. The maximum Gasteiger partial charge on any atom is 0.351 e. The SMILES string of the molecule is CC(O)(OC(=O)c1ccc(C#N)cc1)[C@@H]1C[C@H](O)[C@@]2(C)Oc3cc(-c4cccnc4)oc(=O)c3C(=O)[C@@H]2C1. The molecular formula is C28H24N2O8. The molecule has 5 rings (SSSR count). The molecule has 2 aromatic heterocycles. The smallest absolute Gasteiger partial charge is 0.351 e. The molecule has 3 heterocycles. The molecule has 194 valence electrons. The van der Waals surface area contributed by atoms with E-state index in [-0.39, 0.29) is 35.5 Å². The highest BCUT2D eigenvalue weighted by Crippen LogP contribution is 2.49. The molecule has 1 unspecified atom stereocenters. The lowest BCUT2D eigenvalue weighted by molar-refractivity contribution is -0.221. The number of pyridine rings is 1. The van der Waals surface area contributed by atoms with Crippen molar-refractivity contribution in [3.8, 4) is 23.1 Å². The Morgan fingerprint density at radius 1 is 1.24 bits per heavy atom. The van der Waals surface area contributed by atoms with Gasteiger partial charge in [0.1, 0.15) is 22.7 Å². The van der Waals surface area contributed by atoms with Crippen LogP contribution in [0, 0.1) is 23.2 Å². The number of carbonyl (C=O) groups excluding carboxylic acids is 2. The van der Waals surface area contributed by atoms with Crippen LogP contribution in [0.15, 0.2) is 64.1 Å². The number of carbonyl (C=O) groups is 2. The zero-order chi connectivity index (χ0) is 27.2. The molecule has 2 aliphatic rings. The predicted octanol–water partition coefficient (Wildman–Crippen LogP) is 2.86. The molecular weight excluding hydrogens is 492 g/mol. The summed E-state index contributed by atoms with van der Waals surface area (Å²) >= 11 is 0. The number of hydrogen-bond acceptors (Lipinski definition) is 10. The summed E-state index contributed by atoms with van der Waals surface area (Å²) < 4.78 is 16.9. The van der Waals surface area contributed by atoms with Crippen molar-refractivity contribution in [2.75, 3.05) is 0 Å². The number of nitrogens with zero attached hydrogens (tertiary/aromatic N) is 2. The van der Waals surface area contributed by atoms with E-state index >= 15 is 0 Å². The average Bonchev–Trinajstić information content (AvgIpc) is 2.89. The number of esters is 1. The lowest BCUT2D eigenvalue weighted by atomic mass is 9.64. The van der Waals surface area contributed by atoms with Crippen molar-refractivity contribution in [1.82, 2.24) is 4.98 Å². The molecule has 0 radical (unpaired) electrons. The van der Waals surface area contributed by atoms with Gasteiger partial charge in [0.25, 0.3) is 0 Å². The van der Waals surface area contributed by atoms with Gasteiger partial charge in [-0.3, -0.25) is 9.78 Å². The Bertz CT molecular complexity index is 1510. The lowest BCUT2D eigenvalue weighted by Crippen LogP contribution is -2.62. The maximum atomic E-state index is 13.6. The number of rotatable bonds is 4. The third-order valence-electron chi connectivity index (χ3n) is 7.44. The average molecular weight is 517 g/mol. The normalized spacial score (nSPS) is 25.7. The van der Waals surface area contributed by atoms with Crippen molar-refractivity contribution < 1.29 is 33.7 Å². The van der Waals surface area contributed by atoms with Crippen LogP contribution in [0.5, 0.6) is 5.75 Å². The van der Waals surface area contributed by atoms with E-state index in [0.717, 1.165) is 0 Å². The Balaban J connectivity index is 1.42. The monoisotopic (exact) mass is 516 g/mol. The minimum atomic E-state index is -2.05. The van der Waals surface area contributed by atoms with Gasteiger partial charge in [-0.1, -0.05) is 0 Å². The summed E-state index contributed by atoms with van der Waals surface area (Å²) in [4.78, 5) is 43.1. The number of aliphatic hydroxyl groups is 2. The second-order valence-electron chi connectivity index (χ2n) is 9.90. The van der Waals surface area contributed by atoms with E-state index in [1.165, 1.54) is 43.5 Å². The first-order valence-corrected chi connectivity index (χ1v) is 12.0. The van der Waals surface area contributed by atoms with Crippen molar-refractivity contribution >= 4 is 11.8 Å². The molecule has 0 spiro atoms. The van der Waals surface area contributed by atoms with Crippen molar-refractivity contribution in [2.24, 2.45) is 11.8 Å². The predicted molar refractivity (Wildman–Crippen MR) is 131 cm³/mol. The largest absolute Gasteiger partial charge is 0.483 e. The van der Waals surface area contributed by atoms with Crippen LogP contribution >= 0.6 is 0 Å². The summed E-state index contributed by atoms with van der Waals surface area (Å²) in [5, 5.41) is 31.2. The number of aliphatic hydroxyl groups excluding tert-OH is 1. The molecule has 1 fully saturated rings. The molecule has 0 saturated heterocycles. The standard InChI is InChI=1S/C28H24N2O8/c1-27-19(24(32)23-21(37-27)12-20(36-26(23)34)17-4-3-9-30-14-17)10-18(11-22(27)31)28(2,35)38-25(33)16-7-5-15(13-29)6-8-16/h3-9,12,14,18-19,22,31,35H,10-11H2,1-2H3/t18-,19-,22-,27-,28?/m0/s1. The summed E-state index contributed by atoms with van der Waals surface area (Å²) in [6.45, 7) is 2.86. The summed E-state index contributed by atoms with van der Waals surface area (Å²) in [5.41, 5.74) is -1.56. The molecule has 2 N–H and O–H groups in total. The first-order chi connectivity index (χ1) is 18.0. The molecule has 0 bridgehead atoms. The molecule has 1 saturated carbocycles. The molecule has 0 amide bonds. The first kappa shape index (κ1) is 25.3. The van der Waals surface area contributed by atoms with Gasteiger partial charge in [0, 0.05) is 36.9 Å². The molecule has 38 heavy (non-hydrogen) atoms. The number of nitriles is 1. The van der Waals surface area contributed by atoms with E-state index in [9.17, 15) is 24.6 Å². The summed E-state index contributed by atoms with van der Waals surface area (Å²) in [6.07, 6.45) is 1.76. The zero-order valence-corrected chi connectivity index (χ0v) is 20.6. The molecule has 10 nitrogen and oxygen atoms in total. The fourth-order valence-electron chi connectivity index (χ4n) is 5.14. The molecule has 10 heteroatoms. The second-order valence-corrected chi connectivity index (χ2v) is 9.90. The number of aromatic nitrogens is 1. The first-order valence-electron chi connectivity index (χ1n) is 12.0. The van der Waals surface area contributed by atoms with Gasteiger partial charge in [-0.25, -0.2) is 9.59 Å². The molecule has 3 aromatic rings. The van der Waals surface area contributed by atoms with E-state index in [1.807, 2.05) is 6.07 Å². The minimum absolute atomic E-state index is 0.000331. The van der Waals surface area contributed by atoms with E-state index in [4.69, 9.17) is 19.2 Å². The van der Waals surface area contributed by atoms with Crippen LogP contribution in [0.1, 0.15) is 53.0 Å². The van der Waals surface area contributed by atoms with E-state index in [0.29, 0.717) is 11.1 Å². The van der Waals surface area contributed by atoms with E-state index < -0.39 is 46.7 Å². The summed E-state index contributed by atoms with van der Waals surface area (Å²) in [5.74, 6) is -5.17. The fraction of sp³-hybridized carbons (Fsp3) is 0.321. The van der Waals surface area contributed by atoms with Gasteiger partial charge in [-0.15, -0.1) is 0 Å². The summed E-state index contributed by atoms with van der Waals surface area (Å²) in [7, 11) is 0. The van der Waals surface area contributed by atoms with Gasteiger partial charge in [0.05, 0.1) is 29.2 Å². The van der Waals surface area contributed by atoms with E-state index in [2.05, 4.69) is 4.98 Å². The Labute approximate surface area is 217 Å². The maximum absolute atomic E-state index is 13.6. The molecule has 5 atom stereocenters. The highest BCUT2D eigenvalue weighted by atomic mass is 16.7. The van der Waals surface area contributed by atoms with Crippen molar-refractivity contribution in [3.63, 3.8) is 0 Å². The number of benzene rings is 1. The third kappa shape index (κ3) is 4.26. The van der Waals surface area contributed by atoms with Gasteiger partial charge in [0.15, 0.2) is 5.78 Å². The van der Waals surface area contributed by atoms with Crippen LogP contribution in [0.2, 0.25) is 0 Å². The van der Waals surface area contributed by atoms with Crippen LogP contribution < -0.4 is 10.4 Å². The lowest BCUT2D eigenvalue weighted by Gasteiger charge is -2.50. The van der Waals surface area contributed by atoms with Crippen LogP contribution in [0.4, 0.5) is 0 Å². The van der Waals surface area contributed by atoms with Crippen molar-refractivity contribution in [1.29, 1.82) is 5.26 Å². The van der Waals surface area contributed by atoms with Crippen molar-refractivity contribution in [3.05, 3.63) is 82.0 Å². The third-order valence-corrected chi connectivity index (χ3v) is 7.44. The fourth-order valence-corrected chi connectivity index (χ4v) is 5.14. The Kier molecular flexibility index (Phi) is 6.13. The highest BCUT2D eigenvalue weighted by molar-refractivity contribution is 6.02. The van der Waals surface area contributed by atoms with Crippen LogP contribution in [-0.4, -0.2) is 44.4 Å². The quantitative estimate of drug-likeness (QED) is 0.390. The highest BCUT2D eigenvalue weighted by Gasteiger charge is 2.58. The van der Waals surface area contributed by atoms with Gasteiger partial charge >= 0.3 is 11.6 Å². The second kappa shape index (κ2) is 9.20. The van der Waals surface area contributed by atoms with Crippen molar-refractivity contribution in [2.45, 2.75) is 44.2 Å². The Hall–Kier alpha value is -4.33. The molecule has 1 aliphatic heterocycles. The van der Waals surface area contributed by atoms with Crippen LogP contribution in [0.25, 0.3) is 11.3 Å². The Morgan fingerprint density at radius 3 is 2.63 bits per heavy atom. The van der Waals surface area contributed by atoms with E-state index in [1.54, 1.807) is 25.3 Å². The zero-order valence-electron chi connectivity index (χ0n) is 20.6. The number of ether oxygens (including phenoxy) is 2. The van der Waals surface area contributed by atoms with Gasteiger partial charge < -0.3 is 24.1 Å². The number of ketones is 1. The minimum Gasteiger partial charge on any atom is -0.483 e. The van der Waals surface area contributed by atoms with Gasteiger partial charge in [-0.05, 0) is 56.2 Å².